The minimum atomic E-state index is -1.71. The average molecular weight is 905 g/mol. The summed E-state index contributed by atoms with van der Waals surface area (Å²) < 4.78 is 51.6. The predicted molar refractivity (Wildman–Crippen MR) is 239 cm³/mol. The number of para-hydroxylation sites is 1. The van der Waals surface area contributed by atoms with Gasteiger partial charge in [0.25, 0.3) is 0 Å². The first-order chi connectivity index (χ1) is 29.8. The summed E-state index contributed by atoms with van der Waals surface area (Å²) in [6.07, 6.45) is 1.47. The molecule has 1 radical (unpaired) electrons. The summed E-state index contributed by atoms with van der Waals surface area (Å²) in [5.41, 5.74) is -0.752. The van der Waals surface area contributed by atoms with E-state index in [9.17, 15) is 24.9 Å². The molecule has 5 saturated heterocycles. The van der Waals surface area contributed by atoms with Crippen LogP contribution in [0.4, 0.5) is 10.5 Å². The number of hydrogen-bond donors (Lipinski definition) is 4. The van der Waals surface area contributed by atoms with Gasteiger partial charge in [0.2, 0.25) is 5.79 Å². The second-order valence-electron chi connectivity index (χ2n) is 19.8. The molecule has 15 heteroatoms. The molecule has 7 rings (SSSR count). The molecule has 5 aliphatic heterocycles. The Hall–Kier alpha value is -2.34. The first-order valence-electron chi connectivity index (χ1n) is 23.2. The fourth-order valence-corrected chi connectivity index (χ4v) is 11.4. The summed E-state index contributed by atoms with van der Waals surface area (Å²) in [5, 5.41) is 35.8. The van der Waals surface area contributed by atoms with Crippen molar-refractivity contribution in [2.45, 2.75) is 172 Å². The van der Waals surface area contributed by atoms with Crippen LogP contribution in [-0.4, -0.2) is 136 Å². The topological polar surface area (TPSA) is 181 Å². The number of aliphatic carboxylic acids is 1. The van der Waals surface area contributed by atoms with Gasteiger partial charge in [0, 0.05) is 72.9 Å². The van der Waals surface area contributed by atoms with Crippen molar-refractivity contribution >= 4 is 47.3 Å². The van der Waals surface area contributed by atoms with Gasteiger partial charge in [-0.1, -0.05) is 59.7 Å². The molecule has 1 amide bonds. The minimum Gasteiger partial charge on any atom is -0.481 e. The Bertz CT molecular complexity index is 1880. The van der Waals surface area contributed by atoms with Crippen LogP contribution in [-0.2, 0) is 38.0 Å². The van der Waals surface area contributed by atoms with E-state index in [0.29, 0.717) is 49.3 Å². The summed E-state index contributed by atoms with van der Waals surface area (Å²) in [7, 11) is 1.52. The van der Waals surface area contributed by atoms with Crippen LogP contribution in [0.1, 0.15) is 107 Å². The number of benzene rings is 2. The van der Waals surface area contributed by atoms with E-state index in [4.69, 9.17) is 37.9 Å². The minimum absolute atomic E-state index is 0. The number of carboxylic acids is 1. The molecule has 351 valence electrons. The molecule has 17 unspecified atom stereocenters. The van der Waals surface area contributed by atoms with Gasteiger partial charge >= 0.3 is 12.1 Å². The van der Waals surface area contributed by atoms with Gasteiger partial charge in [-0.3, -0.25) is 10.1 Å². The van der Waals surface area contributed by atoms with Crippen LogP contribution < -0.4 is 10.1 Å². The number of rotatable bonds is 14. The zero-order chi connectivity index (χ0) is 45.5. The molecule has 14 nitrogen and oxygen atoms in total. The van der Waals surface area contributed by atoms with Crippen LogP contribution in [0.5, 0.6) is 11.5 Å². The molecule has 0 aromatic heterocycles. The number of aliphatic hydroxyl groups is 2. The molecular weight excluding hydrogens is 834 g/mol. The number of carbonyl (C=O) groups is 2. The van der Waals surface area contributed by atoms with Gasteiger partial charge in [-0.05, 0) is 101 Å². The quantitative estimate of drug-likeness (QED) is 0.134. The maximum absolute atomic E-state index is 12.9. The third-order valence-electron chi connectivity index (χ3n) is 15.3. The summed E-state index contributed by atoms with van der Waals surface area (Å²) in [4.78, 5) is 24.9. The Morgan fingerprint density at radius 1 is 0.922 bits per heavy atom. The molecule has 0 bridgehead atoms. The van der Waals surface area contributed by atoms with Crippen molar-refractivity contribution in [2.24, 2.45) is 35.5 Å². The standard InChI is InChI=1S/C49H71NO13.Na/c1-10-47(21-20-39(60-47)46(8)22-23-48(63-46)26-37(51)31(5)42(61-48)32(6)41(56-9)33(7)44(52)53)43-29(3)25-38(59-43)40-28(2)24-30(4)49(55,62-40)27-57-45(54)50-34-16-18-36(19-17-34)58-35-14-12-11-13-15-35;/h11-19,28-33,37-43,51,55H,10,20-27H2,1-9H3,(H,50,54)(H,52,53);. The molecule has 4 N–H and O–H groups in total. The average Bonchev–Trinajstić information content (AvgIpc) is 3.97. The molecule has 2 aromatic carbocycles. The van der Waals surface area contributed by atoms with E-state index in [1.54, 1.807) is 31.2 Å². The molecule has 5 fully saturated rings. The van der Waals surface area contributed by atoms with Crippen molar-refractivity contribution in [3.8, 4) is 11.5 Å². The van der Waals surface area contributed by atoms with E-state index in [0.717, 1.165) is 19.3 Å². The first kappa shape index (κ1) is 51.1. The molecule has 2 aromatic rings. The number of methoxy groups -OCH3 is 1. The number of anilines is 1. The van der Waals surface area contributed by atoms with Crippen LogP contribution in [0, 0.1) is 35.5 Å². The van der Waals surface area contributed by atoms with Crippen molar-refractivity contribution in [1.29, 1.82) is 0 Å². The number of carboxylic acid groups (broad SMARTS) is 1. The van der Waals surface area contributed by atoms with E-state index < -0.39 is 65.2 Å². The number of nitrogens with one attached hydrogen (secondary N) is 1. The smallest absolute Gasteiger partial charge is 0.411 e. The van der Waals surface area contributed by atoms with Crippen LogP contribution in [0.25, 0.3) is 0 Å². The summed E-state index contributed by atoms with van der Waals surface area (Å²) in [6, 6.07) is 16.4. The van der Waals surface area contributed by atoms with Crippen molar-refractivity contribution < 1.29 is 62.8 Å². The van der Waals surface area contributed by atoms with Crippen LogP contribution >= 0.6 is 0 Å². The zero-order valence-electron chi connectivity index (χ0n) is 39.5. The molecule has 5 heterocycles. The Kier molecular flexibility index (Phi) is 16.3. The number of aliphatic hydroxyl groups excluding tert-OH is 1. The van der Waals surface area contributed by atoms with Gasteiger partial charge in [0.15, 0.2) is 5.79 Å². The summed E-state index contributed by atoms with van der Waals surface area (Å²) in [6.45, 7) is 15.6. The SMILES string of the molecule is CCC1(C2OC(C3OC(O)(COC(=O)Nc4ccc(Oc5ccccc5)cc4)C(C)CC3C)CC2C)CCC(C2(C)CCC3(CC(O)C(C)C(C(C)C(OC)C(C)C(=O)O)O3)O2)O1.[Na]. The van der Waals surface area contributed by atoms with Crippen molar-refractivity contribution in [1.82, 2.24) is 0 Å². The van der Waals surface area contributed by atoms with E-state index in [2.05, 4.69) is 33.0 Å². The second-order valence-corrected chi connectivity index (χ2v) is 19.8. The third kappa shape index (κ3) is 10.5. The van der Waals surface area contributed by atoms with Gasteiger partial charge in [-0.25, -0.2) is 4.79 Å². The van der Waals surface area contributed by atoms with Crippen molar-refractivity contribution in [3.05, 3.63) is 54.6 Å². The summed E-state index contributed by atoms with van der Waals surface area (Å²) in [5.74, 6) is -3.78. The Morgan fingerprint density at radius 3 is 2.27 bits per heavy atom. The Morgan fingerprint density at radius 2 is 1.61 bits per heavy atom. The molecule has 0 aliphatic carbocycles. The van der Waals surface area contributed by atoms with E-state index >= 15 is 0 Å². The molecular formula is C49H71NNaO13. The molecule has 64 heavy (non-hydrogen) atoms. The van der Waals surface area contributed by atoms with Crippen LogP contribution in [0.3, 0.4) is 0 Å². The molecule has 5 aliphatic rings. The number of hydrogen-bond acceptors (Lipinski definition) is 12. The van der Waals surface area contributed by atoms with Crippen molar-refractivity contribution in [2.75, 3.05) is 19.0 Å². The maximum Gasteiger partial charge on any atom is 0.411 e. The largest absolute Gasteiger partial charge is 0.481 e. The Labute approximate surface area is 401 Å². The van der Waals surface area contributed by atoms with Crippen molar-refractivity contribution in [3.63, 3.8) is 0 Å². The van der Waals surface area contributed by atoms with Gasteiger partial charge in [-0.2, -0.15) is 0 Å². The number of ether oxygens (including phenoxy) is 8. The van der Waals surface area contributed by atoms with E-state index in [-0.39, 0.29) is 84.1 Å². The fraction of sp³-hybridized carbons (Fsp3) is 0.714. The fourth-order valence-electron chi connectivity index (χ4n) is 11.4. The molecule has 0 saturated carbocycles. The van der Waals surface area contributed by atoms with Gasteiger partial charge in [0.1, 0.15) is 18.1 Å². The van der Waals surface area contributed by atoms with Gasteiger partial charge in [0.05, 0.1) is 59.8 Å². The summed E-state index contributed by atoms with van der Waals surface area (Å²) >= 11 is 0. The second kappa shape index (κ2) is 20.5. The monoisotopic (exact) mass is 904 g/mol. The van der Waals surface area contributed by atoms with Gasteiger partial charge in [-0.15, -0.1) is 0 Å². The third-order valence-corrected chi connectivity index (χ3v) is 15.3. The predicted octanol–water partition coefficient (Wildman–Crippen LogP) is 7.94. The van der Waals surface area contributed by atoms with Crippen LogP contribution in [0.2, 0.25) is 0 Å². The van der Waals surface area contributed by atoms with Gasteiger partial charge < -0.3 is 53.2 Å². The van der Waals surface area contributed by atoms with E-state index in [1.807, 2.05) is 51.1 Å². The molecule has 17 atom stereocenters. The first-order valence-corrected chi connectivity index (χ1v) is 23.2. The number of carbonyl (C=O) groups excluding carboxylic acids is 1. The Balaban J connectivity index is 0.00000680. The van der Waals surface area contributed by atoms with Crippen LogP contribution in [0.15, 0.2) is 54.6 Å². The number of amides is 1. The van der Waals surface area contributed by atoms with E-state index in [1.165, 1.54) is 7.11 Å². The zero-order valence-corrected chi connectivity index (χ0v) is 41.5. The maximum atomic E-state index is 12.9. The normalized spacial score (nSPS) is 40.0. The molecule has 1 spiro atoms.